The Morgan fingerprint density at radius 2 is 1.61 bits per heavy atom. The smallest absolute Gasteiger partial charge is 0.165 e. The molecule has 1 fully saturated rings. The number of fused-ring (bicyclic) bond motifs is 5. The van der Waals surface area contributed by atoms with Crippen LogP contribution in [0.2, 0.25) is 0 Å². The number of methoxy groups -OCH3 is 2. The second-order valence-corrected chi connectivity index (χ2v) is 4.76. The van der Waals surface area contributed by atoms with Gasteiger partial charge in [0.25, 0.3) is 0 Å². The summed E-state index contributed by atoms with van der Waals surface area (Å²) in [7, 11) is 3.04. The van der Waals surface area contributed by atoms with E-state index >= 15 is 0 Å². The molecule has 4 atom stereocenters. The highest BCUT2D eigenvalue weighted by atomic mass is 16.6. The van der Waals surface area contributed by atoms with Crippen LogP contribution in [-0.2, 0) is 23.8 Å². The van der Waals surface area contributed by atoms with Crippen LogP contribution in [-0.4, -0.2) is 38.0 Å². The van der Waals surface area contributed by atoms with E-state index in [0.29, 0.717) is 17.1 Å². The van der Waals surface area contributed by atoms with E-state index in [0.717, 1.165) is 0 Å². The zero-order chi connectivity index (χ0) is 13.0. The Labute approximate surface area is 104 Å². The fraction of sp³-hybridized carbons (Fsp3) is 0.538. The zero-order valence-corrected chi connectivity index (χ0v) is 10.4. The van der Waals surface area contributed by atoms with Gasteiger partial charge in [0.2, 0.25) is 0 Å². The van der Waals surface area contributed by atoms with Gasteiger partial charge in [0.15, 0.2) is 23.1 Å². The molecule has 0 saturated carbocycles. The Bertz CT molecular complexity index is 502. The summed E-state index contributed by atoms with van der Waals surface area (Å²) >= 11 is 0. The maximum Gasteiger partial charge on any atom is 0.165 e. The summed E-state index contributed by atoms with van der Waals surface area (Å²) in [5.41, 5.74) is 0.492. The largest absolute Gasteiger partial charge is 0.495 e. The maximum atomic E-state index is 12.2. The first-order valence-electron chi connectivity index (χ1n) is 5.84. The summed E-state index contributed by atoms with van der Waals surface area (Å²) in [4.78, 5) is 24.2. The van der Waals surface area contributed by atoms with Crippen LogP contribution in [0.5, 0.6) is 0 Å². The number of Topliss-reactive ketones (excluding diaryl/α,β-unsaturated/α-hetero) is 1. The van der Waals surface area contributed by atoms with Gasteiger partial charge in [-0.05, 0) is 18.6 Å². The molecular formula is C13H14O5. The molecule has 2 heterocycles. The second kappa shape index (κ2) is 3.68. The quantitative estimate of drug-likeness (QED) is 0.718. The van der Waals surface area contributed by atoms with Gasteiger partial charge in [0.1, 0.15) is 12.2 Å². The number of allylic oxidation sites excluding steroid dienone is 2. The Morgan fingerprint density at radius 1 is 1.06 bits per heavy atom. The van der Waals surface area contributed by atoms with Gasteiger partial charge in [-0.15, -0.1) is 0 Å². The van der Waals surface area contributed by atoms with Crippen LogP contribution >= 0.6 is 0 Å². The van der Waals surface area contributed by atoms with Crippen molar-refractivity contribution in [3.05, 3.63) is 23.2 Å². The van der Waals surface area contributed by atoms with E-state index in [4.69, 9.17) is 14.2 Å². The molecule has 0 amide bonds. The van der Waals surface area contributed by atoms with Crippen LogP contribution in [0.3, 0.4) is 0 Å². The average molecular weight is 250 g/mol. The summed E-state index contributed by atoms with van der Waals surface area (Å²) < 4.78 is 16.2. The lowest BCUT2D eigenvalue weighted by atomic mass is 9.71. The molecule has 5 nitrogen and oxygen atoms in total. The Kier molecular flexibility index (Phi) is 2.35. The minimum atomic E-state index is -0.486. The zero-order valence-electron chi connectivity index (χ0n) is 10.4. The van der Waals surface area contributed by atoms with Crippen molar-refractivity contribution in [1.29, 1.82) is 0 Å². The lowest BCUT2D eigenvalue weighted by Crippen LogP contribution is -2.43. The van der Waals surface area contributed by atoms with Crippen molar-refractivity contribution in [3.8, 4) is 0 Å². The highest BCUT2D eigenvalue weighted by molar-refractivity contribution is 6.11. The Balaban J connectivity index is 2.08. The van der Waals surface area contributed by atoms with E-state index in [1.165, 1.54) is 20.3 Å². The van der Waals surface area contributed by atoms with Gasteiger partial charge in [-0.2, -0.15) is 0 Å². The monoisotopic (exact) mass is 250 g/mol. The van der Waals surface area contributed by atoms with Crippen LogP contribution in [0.15, 0.2) is 23.2 Å². The molecule has 2 bridgehead atoms. The molecule has 0 N–H and O–H groups in total. The molecule has 0 radical (unpaired) electrons. The van der Waals surface area contributed by atoms with Crippen molar-refractivity contribution in [2.45, 2.75) is 19.1 Å². The molecule has 2 unspecified atom stereocenters. The average Bonchev–Trinajstić information content (AvgIpc) is 2.90. The first-order chi connectivity index (χ1) is 8.60. The maximum absolute atomic E-state index is 12.2. The van der Waals surface area contributed by atoms with Gasteiger partial charge >= 0.3 is 0 Å². The van der Waals surface area contributed by atoms with E-state index in [2.05, 4.69) is 0 Å². The Morgan fingerprint density at radius 3 is 2.17 bits per heavy atom. The van der Waals surface area contributed by atoms with E-state index < -0.39 is 24.0 Å². The van der Waals surface area contributed by atoms with E-state index in [1.54, 1.807) is 6.92 Å². The van der Waals surface area contributed by atoms with Crippen molar-refractivity contribution in [1.82, 2.24) is 0 Å². The standard InChI is InChI=1S/C13H14O5/c1-5-4-6(14)7-8(9(5)15)11-13(17-3)12(16-2)10(7)18-11/h4,7-8,10-11H,1-3H3/t7?,8?,10-,11+/m1/s1. The molecule has 2 aliphatic heterocycles. The minimum absolute atomic E-state index is 0.0307. The second-order valence-electron chi connectivity index (χ2n) is 4.76. The number of hydrogen-bond donors (Lipinski definition) is 0. The predicted octanol–water partition coefficient (Wildman–Crippen LogP) is 0.602. The molecule has 0 aromatic heterocycles. The van der Waals surface area contributed by atoms with Crippen molar-refractivity contribution in [3.63, 3.8) is 0 Å². The van der Waals surface area contributed by atoms with Crippen LogP contribution in [0.25, 0.3) is 0 Å². The fourth-order valence-corrected chi connectivity index (χ4v) is 3.14. The van der Waals surface area contributed by atoms with Crippen molar-refractivity contribution >= 4 is 11.6 Å². The molecule has 1 saturated heterocycles. The Hall–Kier alpha value is -1.62. The fourth-order valence-electron chi connectivity index (χ4n) is 3.14. The topological polar surface area (TPSA) is 61.8 Å². The highest BCUT2D eigenvalue weighted by Crippen LogP contribution is 2.50. The summed E-state index contributed by atoms with van der Waals surface area (Å²) in [6.45, 7) is 1.66. The van der Waals surface area contributed by atoms with Gasteiger partial charge < -0.3 is 14.2 Å². The molecule has 5 heteroatoms. The van der Waals surface area contributed by atoms with Crippen molar-refractivity contribution in [2.75, 3.05) is 14.2 Å². The molecule has 0 aromatic rings. The van der Waals surface area contributed by atoms with Crippen LogP contribution in [0.4, 0.5) is 0 Å². The molecule has 0 spiro atoms. The summed E-state index contributed by atoms with van der Waals surface area (Å²) in [6.07, 6.45) is 0.439. The van der Waals surface area contributed by atoms with E-state index in [1.807, 2.05) is 0 Å². The highest BCUT2D eigenvalue weighted by Gasteiger charge is 2.61. The lowest BCUT2D eigenvalue weighted by molar-refractivity contribution is -0.129. The summed E-state index contributed by atoms with van der Waals surface area (Å²) in [5.74, 6) is 0.0740. The van der Waals surface area contributed by atoms with Crippen LogP contribution in [0.1, 0.15) is 6.92 Å². The van der Waals surface area contributed by atoms with Gasteiger partial charge in [-0.25, -0.2) is 0 Å². The first kappa shape index (κ1) is 11.5. The number of carbonyl (C=O) groups excluding carboxylic acids is 2. The van der Waals surface area contributed by atoms with E-state index in [-0.39, 0.29) is 11.6 Å². The lowest BCUT2D eigenvalue weighted by Gasteiger charge is -2.30. The van der Waals surface area contributed by atoms with Gasteiger partial charge in [-0.3, -0.25) is 9.59 Å². The summed E-state index contributed by atoms with van der Waals surface area (Å²) in [6, 6.07) is 0. The van der Waals surface area contributed by atoms with Gasteiger partial charge in [-0.1, -0.05) is 0 Å². The number of carbonyl (C=O) groups is 2. The minimum Gasteiger partial charge on any atom is -0.495 e. The van der Waals surface area contributed by atoms with Gasteiger partial charge in [0.05, 0.1) is 26.1 Å². The number of rotatable bonds is 2. The molecule has 1 aliphatic carbocycles. The number of ketones is 2. The van der Waals surface area contributed by atoms with Crippen LogP contribution < -0.4 is 0 Å². The van der Waals surface area contributed by atoms with Gasteiger partial charge in [0, 0.05) is 0 Å². The van der Waals surface area contributed by atoms with Crippen molar-refractivity contribution < 1.29 is 23.8 Å². The first-order valence-corrected chi connectivity index (χ1v) is 5.84. The molecule has 96 valence electrons. The SMILES string of the molecule is COC1=C(OC)[C@@H]2O[C@H]1C1C(=O)C(C)=CC(=O)C12. The van der Waals surface area contributed by atoms with Crippen LogP contribution in [0, 0.1) is 11.8 Å². The molecule has 18 heavy (non-hydrogen) atoms. The number of ether oxygens (including phenoxy) is 3. The third-order valence-electron chi connectivity index (χ3n) is 3.91. The third kappa shape index (κ3) is 1.20. The molecule has 3 rings (SSSR count). The van der Waals surface area contributed by atoms with Crippen molar-refractivity contribution in [2.24, 2.45) is 11.8 Å². The number of hydrogen-bond acceptors (Lipinski definition) is 5. The molecule has 0 aromatic carbocycles. The normalized spacial score (nSPS) is 37.8. The third-order valence-corrected chi connectivity index (χ3v) is 3.91. The summed E-state index contributed by atoms with van der Waals surface area (Å²) in [5, 5.41) is 0. The molecular weight excluding hydrogens is 236 g/mol. The van der Waals surface area contributed by atoms with E-state index in [9.17, 15) is 9.59 Å². The predicted molar refractivity (Wildman–Crippen MR) is 60.5 cm³/mol. The molecule has 3 aliphatic rings.